The molecular weight excluding hydrogens is 428 g/mol. The first-order valence-electron chi connectivity index (χ1n) is 8.50. The van der Waals surface area contributed by atoms with Gasteiger partial charge in [0, 0.05) is 24.3 Å². The number of hydrogen-bond donors (Lipinski definition) is 1. The molecule has 3 aromatic rings. The molecule has 2 aromatic carbocycles. The van der Waals surface area contributed by atoms with Gasteiger partial charge in [-0.25, -0.2) is 0 Å². The third-order valence-electron chi connectivity index (χ3n) is 3.95. The van der Waals surface area contributed by atoms with E-state index in [0.717, 1.165) is 21.3 Å². The second-order valence-electron chi connectivity index (χ2n) is 5.95. The van der Waals surface area contributed by atoms with Crippen LogP contribution in [0.15, 0.2) is 65.3 Å². The molecule has 0 bridgehead atoms. The van der Waals surface area contributed by atoms with E-state index in [4.69, 9.17) is 21.1 Å². The summed E-state index contributed by atoms with van der Waals surface area (Å²) in [6, 6.07) is 17.5. The molecule has 27 heavy (non-hydrogen) atoms. The Hall–Kier alpha value is -2.08. The second kappa shape index (κ2) is 9.74. The maximum Gasteiger partial charge on any atom is 0.175 e. The number of benzene rings is 2. The average Bonchev–Trinajstić information content (AvgIpc) is 2.69. The van der Waals surface area contributed by atoms with Crippen molar-refractivity contribution in [2.45, 2.75) is 19.7 Å². The largest absolute Gasteiger partial charge is 0.493 e. The lowest BCUT2D eigenvalue weighted by molar-refractivity contribution is 0.282. The minimum absolute atomic E-state index is 0.434. The topological polar surface area (TPSA) is 43.4 Å². The molecule has 1 heterocycles. The van der Waals surface area contributed by atoms with Crippen LogP contribution in [0.3, 0.4) is 0 Å². The number of hydrogen-bond acceptors (Lipinski definition) is 4. The Kier molecular flexibility index (Phi) is 7.10. The van der Waals surface area contributed by atoms with E-state index in [-0.39, 0.29) is 0 Å². The first-order valence-corrected chi connectivity index (χ1v) is 9.67. The molecule has 0 aliphatic carbocycles. The van der Waals surface area contributed by atoms with Gasteiger partial charge in [-0.1, -0.05) is 29.8 Å². The zero-order chi connectivity index (χ0) is 19.1. The third kappa shape index (κ3) is 5.70. The molecule has 4 nitrogen and oxygen atoms in total. The molecule has 1 N–H and O–H groups in total. The van der Waals surface area contributed by atoms with Crippen LogP contribution in [0.25, 0.3) is 0 Å². The van der Waals surface area contributed by atoms with Gasteiger partial charge in [-0.3, -0.25) is 4.98 Å². The van der Waals surface area contributed by atoms with Gasteiger partial charge in [0.2, 0.25) is 0 Å². The number of pyridine rings is 1. The Labute approximate surface area is 172 Å². The molecule has 6 heteroatoms. The van der Waals surface area contributed by atoms with E-state index in [1.165, 1.54) is 0 Å². The van der Waals surface area contributed by atoms with Crippen LogP contribution in [0.2, 0.25) is 5.02 Å². The fourth-order valence-corrected chi connectivity index (χ4v) is 3.32. The third-order valence-corrected chi connectivity index (χ3v) is 4.79. The van der Waals surface area contributed by atoms with Crippen molar-refractivity contribution >= 4 is 27.5 Å². The molecule has 0 aliphatic heterocycles. The van der Waals surface area contributed by atoms with Gasteiger partial charge in [0.1, 0.15) is 6.61 Å². The smallest absolute Gasteiger partial charge is 0.175 e. The number of ether oxygens (including phenoxy) is 2. The lowest BCUT2D eigenvalue weighted by Crippen LogP contribution is -2.13. The Morgan fingerprint density at radius 3 is 2.56 bits per heavy atom. The number of rotatable bonds is 8. The van der Waals surface area contributed by atoms with Gasteiger partial charge < -0.3 is 14.8 Å². The molecule has 1 aromatic heterocycles. The van der Waals surface area contributed by atoms with E-state index >= 15 is 0 Å². The van der Waals surface area contributed by atoms with Crippen LogP contribution in [-0.2, 0) is 19.7 Å². The summed E-state index contributed by atoms with van der Waals surface area (Å²) >= 11 is 9.52. The maximum absolute atomic E-state index is 5.97. The van der Waals surface area contributed by atoms with E-state index in [2.05, 4.69) is 26.2 Å². The van der Waals surface area contributed by atoms with Gasteiger partial charge >= 0.3 is 0 Å². The molecule has 0 unspecified atom stereocenters. The summed E-state index contributed by atoms with van der Waals surface area (Å²) in [5, 5.41) is 4.10. The van der Waals surface area contributed by atoms with E-state index < -0.39 is 0 Å². The van der Waals surface area contributed by atoms with Crippen LogP contribution in [0, 0.1) is 0 Å². The predicted molar refractivity (Wildman–Crippen MR) is 111 cm³/mol. The highest BCUT2D eigenvalue weighted by molar-refractivity contribution is 9.10. The van der Waals surface area contributed by atoms with Gasteiger partial charge in [-0.05, 0) is 63.5 Å². The Morgan fingerprint density at radius 1 is 1.04 bits per heavy atom. The van der Waals surface area contributed by atoms with Gasteiger partial charge in [0.15, 0.2) is 11.5 Å². The van der Waals surface area contributed by atoms with Crippen molar-refractivity contribution in [3.8, 4) is 11.5 Å². The Morgan fingerprint density at radius 2 is 1.85 bits per heavy atom. The van der Waals surface area contributed by atoms with Crippen LogP contribution in [0.1, 0.15) is 16.8 Å². The number of methoxy groups -OCH3 is 1. The molecular formula is C21H20BrClN2O2. The predicted octanol–water partition coefficient (Wildman–Crippen LogP) is 5.37. The van der Waals surface area contributed by atoms with Crippen molar-refractivity contribution in [3.63, 3.8) is 0 Å². The van der Waals surface area contributed by atoms with Gasteiger partial charge in [0.25, 0.3) is 0 Å². The normalized spacial score (nSPS) is 10.6. The average molecular weight is 448 g/mol. The summed E-state index contributed by atoms with van der Waals surface area (Å²) in [4.78, 5) is 4.31. The summed E-state index contributed by atoms with van der Waals surface area (Å²) in [5.74, 6) is 1.37. The SMILES string of the molecule is COc1cc(CNCc2ccccn2)cc(Br)c1OCc1ccc(Cl)cc1. The van der Waals surface area contributed by atoms with Crippen LogP contribution in [0.5, 0.6) is 11.5 Å². The van der Waals surface area contributed by atoms with Crippen LogP contribution < -0.4 is 14.8 Å². The molecule has 0 radical (unpaired) electrons. The summed E-state index contributed by atoms with van der Waals surface area (Å²) in [5.41, 5.74) is 3.13. The fourth-order valence-electron chi connectivity index (χ4n) is 2.59. The van der Waals surface area contributed by atoms with Crippen molar-refractivity contribution in [1.29, 1.82) is 0 Å². The molecule has 0 saturated carbocycles. The Balaban J connectivity index is 1.64. The van der Waals surface area contributed by atoms with E-state index in [0.29, 0.717) is 36.2 Å². The van der Waals surface area contributed by atoms with Crippen molar-refractivity contribution in [3.05, 3.63) is 87.1 Å². The summed E-state index contributed by atoms with van der Waals surface area (Å²) in [6.07, 6.45) is 1.80. The molecule has 3 rings (SSSR count). The number of halogens is 2. The summed E-state index contributed by atoms with van der Waals surface area (Å²) in [6.45, 7) is 1.84. The summed E-state index contributed by atoms with van der Waals surface area (Å²) < 4.78 is 12.3. The number of nitrogens with zero attached hydrogens (tertiary/aromatic N) is 1. The van der Waals surface area contributed by atoms with Crippen molar-refractivity contribution in [2.24, 2.45) is 0 Å². The lowest BCUT2D eigenvalue weighted by Gasteiger charge is -2.15. The zero-order valence-electron chi connectivity index (χ0n) is 14.9. The van der Waals surface area contributed by atoms with Gasteiger partial charge in [-0.2, -0.15) is 0 Å². The van der Waals surface area contributed by atoms with E-state index in [9.17, 15) is 0 Å². The molecule has 0 aliphatic rings. The molecule has 0 atom stereocenters. The molecule has 140 valence electrons. The zero-order valence-corrected chi connectivity index (χ0v) is 17.3. The first-order chi connectivity index (χ1) is 13.2. The Bertz CT molecular complexity index is 873. The van der Waals surface area contributed by atoms with Crippen molar-refractivity contribution in [1.82, 2.24) is 10.3 Å². The van der Waals surface area contributed by atoms with Crippen molar-refractivity contribution < 1.29 is 9.47 Å². The van der Waals surface area contributed by atoms with Gasteiger partial charge in [0.05, 0.1) is 17.3 Å². The first kappa shape index (κ1) is 19.7. The highest BCUT2D eigenvalue weighted by Gasteiger charge is 2.12. The summed E-state index contributed by atoms with van der Waals surface area (Å²) in [7, 11) is 1.64. The quantitative estimate of drug-likeness (QED) is 0.504. The number of aromatic nitrogens is 1. The van der Waals surface area contributed by atoms with Crippen LogP contribution in [0.4, 0.5) is 0 Å². The maximum atomic E-state index is 5.97. The minimum Gasteiger partial charge on any atom is -0.493 e. The fraction of sp³-hybridized carbons (Fsp3) is 0.190. The van der Waals surface area contributed by atoms with E-state index in [1.807, 2.05) is 54.6 Å². The van der Waals surface area contributed by atoms with E-state index in [1.54, 1.807) is 13.3 Å². The molecule has 0 saturated heterocycles. The minimum atomic E-state index is 0.434. The molecule has 0 fully saturated rings. The second-order valence-corrected chi connectivity index (χ2v) is 7.24. The van der Waals surface area contributed by atoms with Crippen molar-refractivity contribution in [2.75, 3.05) is 7.11 Å². The van der Waals surface area contributed by atoms with Crippen LogP contribution in [-0.4, -0.2) is 12.1 Å². The highest BCUT2D eigenvalue weighted by atomic mass is 79.9. The monoisotopic (exact) mass is 446 g/mol. The molecule has 0 spiro atoms. The standard InChI is InChI=1S/C21H20BrClN2O2/c1-26-20-11-16(12-24-13-18-4-2-3-9-25-18)10-19(22)21(20)27-14-15-5-7-17(23)8-6-15/h2-11,24H,12-14H2,1H3. The lowest BCUT2D eigenvalue weighted by atomic mass is 10.2. The van der Waals surface area contributed by atoms with Crippen LogP contribution >= 0.6 is 27.5 Å². The molecule has 0 amide bonds. The van der Waals surface area contributed by atoms with Gasteiger partial charge in [-0.15, -0.1) is 0 Å². The highest BCUT2D eigenvalue weighted by Crippen LogP contribution is 2.37. The number of nitrogens with one attached hydrogen (secondary N) is 1.